The van der Waals surface area contributed by atoms with Crippen molar-refractivity contribution in [3.05, 3.63) is 35.9 Å². The standard InChI is InChI=1S/C18H29NO/c1-3-15-9-10-18(12-15)19-13-17(11-14(2)20)16-7-5-4-6-8-16/h4-8,14-15,17-20H,3,9-13H2,1-2H3. The van der Waals surface area contributed by atoms with Gasteiger partial charge >= 0.3 is 0 Å². The largest absolute Gasteiger partial charge is 0.393 e. The Balaban J connectivity index is 1.88. The smallest absolute Gasteiger partial charge is 0.0518 e. The van der Waals surface area contributed by atoms with Crippen LogP contribution < -0.4 is 5.32 Å². The lowest BCUT2D eigenvalue weighted by atomic mass is 9.93. The molecule has 1 fully saturated rings. The third kappa shape index (κ3) is 4.60. The van der Waals surface area contributed by atoms with Crippen LogP contribution in [0.1, 0.15) is 57.4 Å². The minimum atomic E-state index is -0.242. The van der Waals surface area contributed by atoms with Crippen molar-refractivity contribution in [2.45, 2.75) is 64.0 Å². The molecule has 0 heterocycles. The molecule has 2 rings (SSSR count). The van der Waals surface area contributed by atoms with Crippen LogP contribution in [0.25, 0.3) is 0 Å². The lowest BCUT2D eigenvalue weighted by Crippen LogP contribution is -2.31. The minimum absolute atomic E-state index is 0.242. The Kier molecular flexibility index (Phi) is 6.06. The molecule has 1 saturated carbocycles. The highest BCUT2D eigenvalue weighted by Gasteiger charge is 2.24. The fourth-order valence-electron chi connectivity index (χ4n) is 3.41. The summed E-state index contributed by atoms with van der Waals surface area (Å²) in [4.78, 5) is 0. The zero-order chi connectivity index (χ0) is 14.4. The van der Waals surface area contributed by atoms with Crippen molar-refractivity contribution in [1.29, 1.82) is 0 Å². The summed E-state index contributed by atoms with van der Waals surface area (Å²) >= 11 is 0. The molecule has 112 valence electrons. The third-order valence-corrected chi connectivity index (χ3v) is 4.67. The first-order valence-electron chi connectivity index (χ1n) is 8.15. The van der Waals surface area contributed by atoms with Gasteiger partial charge in [0.1, 0.15) is 0 Å². The summed E-state index contributed by atoms with van der Waals surface area (Å²) in [6, 6.07) is 11.3. The van der Waals surface area contributed by atoms with Crippen LogP contribution >= 0.6 is 0 Å². The van der Waals surface area contributed by atoms with E-state index in [0.717, 1.165) is 18.9 Å². The highest BCUT2D eigenvalue weighted by molar-refractivity contribution is 5.20. The fourth-order valence-corrected chi connectivity index (χ4v) is 3.41. The van der Waals surface area contributed by atoms with E-state index >= 15 is 0 Å². The first-order chi connectivity index (χ1) is 9.69. The van der Waals surface area contributed by atoms with E-state index in [9.17, 15) is 5.11 Å². The van der Waals surface area contributed by atoms with E-state index in [-0.39, 0.29) is 6.10 Å². The lowest BCUT2D eigenvalue weighted by Gasteiger charge is -2.22. The Hall–Kier alpha value is -0.860. The average molecular weight is 275 g/mol. The maximum atomic E-state index is 9.73. The van der Waals surface area contributed by atoms with Crippen molar-refractivity contribution in [3.63, 3.8) is 0 Å². The molecule has 20 heavy (non-hydrogen) atoms. The van der Waals surface area contributed by atoms with E-state index in [1.807, 2.05) is 6.92 Å². The molecule has 0 radical (unpaired) electrons. The molecule has 1 aliphatic carbocycles. The molecule has 1 aromatic carbocycles. The molecule has 2 heteroatoms. The van der Waals surface area contributed by atoms with Gasteiger partial charge in [0.25, 0.3) is 0 Å². The Morgan fingerprint density at radius 1 is 1.25 bits per heavy atom. The second-order valence-electron chi connectivity index (χ2n) is 6.38. The molecule has 1 aromatic rings. The number of aliphatic hydroxyl groups is 1. The van der Waals surface area contributed by atoms with Crippen LogP contribution in [0.2, 0.25) is 0 Å². The van der Waals surface area contributed by atoms with Crippen molar-refractivity contribution in [1.82, 2.24) is 5.32 Å². The van der Waals surface area contributed by atoms with Crippen LogP contribution in [0.5, 0.6) is 0 Å². The maximum Gasteiger partial charge on any atom is 0.0518 e. The predicted octanol–water partition coefficient (Wildman–Crippen LogP) is 3.71. The molecule has 0 bridgehead atoms. The van der Waals surface area contributed by atoms with Crippen molar-refractivity contribution in [2.75, 3.05) is 6.54 Å². The van der Waals surface area contributed by atoms with Gasteiger partial charge < -0.3 is 10.4 Å². The highest BCUT2D eigenvalue weighted by Crippen LogP contribution is 2.29. The van der Waals surface area contributed by atoms with E-state index in [1.54, 1.807) is 0 Å². The van der Waals surface area contributed by atoms with Crippen LogP contribution in [-0.4, -0.2) is 23.8 Å². The molecule has 1 aliphatic rings. The summed E-state index contributed by atoms with van der Waals surface area (Å²) in [6.07, 6.45) is 5.92. The number of hydrogen-bond donors (Lipinski definition) is 2. The molecule has 2 nitrogen and oxygen atoms in total. The summed E-state index contributed by atoms with van der Waals surface area (Å²) < 4.78 is 0. The molecule has 0 aromatic heterocycles. The molecular weight excluding hydrogens is 246 g/mol. The highest BCUT2D eigenvalue weighted by atomic mass is 16.3. The molecular formula is C18H29NO. The quantitative estimate of drug-likeness (QED) is 0.795. The number of rotatable bonds is 7. The van der Waals surface area contributed by atoms with Gasteiger partial charge in [0, 0.05) is 12.6 Å². The predicted molar refractivity (Wildman–Crippen MR) is 84.9 cm³/mol. The number of hydrogen-bond acceptors (Lipinski definition) is 2. The second kappa shape index (κ2) is 7.80. The minimum Gasteiger partial charge on any atom is -0.393 e. The Morgan fingerprint density at radius 3 is 2.60 bits per heavy atom. The first-order valence-corrected chi connectivity index (χ1v) is 8.15. The fraction of sp³-hybridized carbons (Fsp3) is 0.667. The third-order valence-electron chi connectivity index (χ3n) is 4.67. The van der Waals surface area contributed by atoms with Crippen molar-refractivity contribution in [2.24, 2.45) is 5.92 Å². The zero-order valence-electron chi connectivity index (χ0n) is 12.9. The van der Waals surface area contributed by atoms with Crippen LogP contribution in [0.15, 0.2) is 30.3 Å². The second-order valence-corrected chi connectivity index (χ2v) is 6.38. The zero-order valence-corrected chi connectivity index (χ0v) is 12.9. The van der Waals surface area contributed by atoms with Crippen molar-refractivity contribution in [3.8, 4) is 0 Å². The Bertz CT molecular complexity index is 376. The lowest BCUT2D eigenvalue weighted by molar-refractivity contribution is 0.172. The van der Waals surface area contributed by atoms with E-state index in [0.29, 0.717) is 12.0 Å². The van der Waals surface area contributed by atoms with E-state index in [2.05, 4.69) is 42.6 Å². The summed E-state index contributed by atoms with van der Waals surface area (Å²) in [5, 5.41) is 13.5. The number of nitrogens with one attached hydrogen (secondary N) is 1. The molecule has 4 atom stereocenters. The van der Waals surface area contributed by atoms with Crippen LogP contribution in [0.3, 0.4) is 0 Å². The van der Waals surface area contributed by atoms with Crippen LogP contribution in [0, 0.1) is 5.92 Å². The topological polar surface area (TPSA) is 32.3 Å². The van der Waals surface area contributed by atoms with Crippen LogP contribution in [0.4, 0.5) is 0 Å². The van der Waals surface area contributed by atoms with E-state index in [1.165, 1.54) is 31.2 Å². The van der Waals surface area contributed by atoms with Gasteiger partial charge in [0.2, 0.25) is 0 Å². The van der Waals surface area contributed by atoms with Crippen LogP contribution in [-0.2, 0) is 0 Å². The number of aliphatic hydroxyl groups excluding tert-OH is 1. The SMILES string of the molecule is CCC1CCC(NCC(CC(C)O)c2ccccc2)C1. The van der Waals surface area contributed by atoms with Gasteiger partial charge in [0.15, 0.2) is 0 Å². The molecule has 0 spiro atoms. The van der Waals surface area contributed by atoms with Gasteiger partial charge in [-0.25, -0.2) is 0 Å². The van der Waals surface area contributed by atoms with Gasteiger partial charge in [0.05, 0.1) is 6.10 Å². The summed E-state index contributed by atoms with van der Waals surface area (Å²) in [5.41, 5.74) is 1.34. The molecule has 0 saturated heterocycles. The van der Waals surface area contributed by atoms with Gasteiger partial charge in [-0.3, -0.25) is 0 Å². The summed E-state index contributed by atoms with van der Waals surface area (Å²) in [7, 11) is 0. The monoisotopic (exact) mass is 275 g/mol. The molecule has 0 amide bonds. The van der Waals surface area contributed by atoms with Gasteiger partial charge in [-0.05, 0) is 50.0 Å². The molecule has 0 aliphatic heterocycles. The van der Waals surface area contributed by atoms with Crippen molar-refractivity contribution < 1.29 is 5.11 Å². The Morgan fingerprint density at radius 2 is 2.00 bits per heavy atom. The molecule has 2 N–H and O–H groups in total. The van der Waals surface area contributed by atoms with Gasteiger partial charge in [-0.15, -0.1) is 0 Å². The van der Waals surface area contributed by atoms with E-state index < -0.39 is 0 Å². The average Bonchev–Trinajstić information content (AvgIpc) is 2.92. The molecule has 4 unspecified atom stereocenters. The first kappa shape index (κ1) is 15.5. The van der Waals surface area contributed by atoms with Gasteiger partial charge in [-0.2, -0.15) is 0 Å². The normalized spacial score (nSPS) is 25.6. The van der Waals surface area contributed by atoms with Crippen molar-refractivity contribution >= 4 is 0 Å². The van der Waals surface area contributed by atoms with E-state index in [4.69, 9.17) is 0 Å². The summed E-state index contributed by atoms with van der Waals surface area (Å²) in [5.74, 6) is 1.33. The number of benzene rings is 1. The Labute approximate surface area is 123 Å². The summed E-state index contributed by atoms with van der Waals surface area (Å²) in [6.45, 7) is 5.17. The maximum absolute atomic E-state index is 9.73. The van der Waals surface area contributed by atoms with Gasteiger partial charge in [-0.1, -0.05) is 43.7 Å².